The third-order valence-electron chi connectivity index (χ3n) is 17.4. The number of nitrogens with zero attached hydrogens (tertiary/aromatic N) is 2. The van der Waals surface area contributed by atoms with Gasteiger partial charge in [0.05, 0.1) is 11.4 Å². The smallest absolute Gasteiger partial charge is 0.333 e. The Balaban J connectivity index is 1.14. The zero-order chi connectivity index (χ0) is 53.0. The van der Waals surface area contributed by atoms with Crippen LogP contribution in [0.5, 0.6) is 0 Å². The minimum Gasteiger partial charge on any atom is -0.455 e. The highest BCUT2D eigenvalue weighted by Gasteiger charge is 2.49. The Labute approximate surface area is 457 Å². The molecule has 0 spiro atoms. The Morgan fingerprint density at radius 1 is 0.423 bits per heavy atom. The average Bonchev–Trinajstić information content (AvgIpc) is 3.89. The zero-order valence-corrected chi connectivity index (χ0v) is 45.5. The van der Waals surface area contributed by atoms with Crippen LogP contribution in [0, 0.1) is 0 Å². The standard InChI is InChI=1S/C73H59BN2O2/c1-71(2,3)47-32-35-49(36-33-47)76-62-42-59-53(50-28-18-20-30-58(50)73(59,7)8)39-54(62)55-40-56-51-29-19-21-31-64(51)77-70(56)68-67(55)74(76)60-43-65-57(66(45-24-14-10-15-25-45)69(78-65)46-26-16-11-17-27-46)41-63(60)75(68)61-37-34-48(72(4,5)6)38-52(61)44-22-12-9-13-23-44/h9-43H,1-8H3. The maximum absolute atomic E-state index is 7.41. The van der Waals surface area contributed by atoms with E-state index in [4.69, 9.17) is 8.83 Å². The summed E-state index contributed by atoms with van der Waals surface area (Å²) in [5.74, 6) is 0.851. The highest BCUT2D eigenvalue weighted by Crippen LogP contribution is 2.57. The summed E-state index contributed by atoms with van der Waals surface area (Å²) in [6, 6.07) is 78.9. The number of rotatable bonds is 5. The molecule has 1 aliphatic carbocycles. The first-order valence-corrected chi connectivity index (χ1v) is 27.6. The molecule has 376 valence electrons. The largest absolute Gasteiger partial charge is 0.455 e. The quantitative estimate of drug-likeness (QED) is 0.161. The second kappa shape index (κ2) is 16.6. The van der Waals surface area contributed by atoms with E-state index in [9.17, 15) is 0 Å². The van der Waals surface area contributed by atoms with Gasteiger partial charge in [-0.25, -0.2) is 0 Å². The van der Waals surface area contributed by atoms with E-state index in [1.54, 1.807) is 0 Å². The number of hydrogen-bond donors (Lipinski definition) is 0. The van der Waals surface area contributed by atoms with Crippen molar-refractivity contribution in [2.75, 3.05) is 9.71 Å². The molecule has 3 aliphatic rings. The fourth-order valence-corrected chi connectivity index (χ4v) is 13.4. The molecule has 12 aromatic rings. The highest BCUT2D eigenvalue weighted by atomic mass is 16.3. The Morgan fingerprint density at radius 3 is 1.78 bits per heavy atom. The number of benzene rings is 10. The summed E-state index contributed by atoms with van der Waals surface area (Å²) < 4.78 is 14.8. The molecule has 4 nitrogen and oxygen atoms in total. The lowest BCUT2D eigenvalue weighted by Crippen LogP contribution is -2.61. The van der Waals surface area contributed by atoms with Gasteiger partial charge in [0.15, 0.2) is 5.58 Å². The number of hydrogen-bond acceptors (Lipinski definition) is 4. The lowest BCUT2D eigenvalue weighted by atomic mass is 9.43. The van der Waals surface area contributed by atoms with Gasteiger partial charge in [0.2, 0.25) is 0 Å². The van der Waals surface area contributed by atoms with Crippen LogP contribution in [0.2, 0.25) is 0 Å². The SMILES string of the molecule is CC(C)(C)c1ccc(N2B3c4cc5oc(-c6ccccc6)c(-c6ccccc6)c5cc4N(c4ccc(C(C)(C)C)cc4-c4ccccc4)c4c3c(cc3c4oc4ccccc43)-c3cc4c(cc32)C(C)(C)c2ccccc2-4)cc1. The fraction of sp³-hybridized carbons (Fsp3) is 0.151. The van der Waals surface area contributed by atoms with Crippen molar-refractivity contribution in [1.29, 1.82) is 0 Å². The van der Waals surface area contributed by atoms with Gasteiger partial charge in [-0.05, 0) is 132 Å². The summed E-state index contributed by atoms with van der Waals surface area (Å²) in [7, 11) is 0. The molecule has 0 saturated heterocycles. The predicted octanol–water partition coefficient (Wildman–Crippen LogP) is 18.9. The Hall–Kier alpha value is -8.80. The van der Waals surface area contributed by atoms with Crippen LogP contribution < -0.4 is 20.6 Å². The van der Waals surface area contributed by atoms with Crippen LogP contribution in [0.1, 0.15) is 77.6 Å². The van der Waals surface area contributed by atoms with Crippen LogP contribution in [0.25, 0.3) is 88.7 Å². The summed E-state index contributed by atoms with van der Waals surface area (Å²) in [4.78, 5) is 5.23. The van der Waals surface area contributed by atoms with Crippen LogP contribution in [-0.2, 0) is 16.2 Å². The lowest BCUT2D eigenvalue weighted by Gasteiger charge is -2.46. The van der Waals surface area contributed by atoms with Gasteiger partial charge in [0.1, 0.15) is 16.9 Å². The van der Waals surface area contributed by atoms with E-state index >= 15 is 0 Å². The molecular weight excluding hydrogens is 948 g/mol. The minimum atomic E-state index is -0.319. The van der Waals surface area contributed by atoms with Gasteiger partial charge in [0.25, 0.3) is 0 Å². The van der Waals surface area contributed by atoms with Crippen LogP contribution in [0.15, 0.2) is 221 Å². The second-order valence-corrected chi connectivity index (χ2v) is 24.4. The van der Waals surface area contributed by atoms with E-state index in [2.05, 4.69) is 277 Å². The van der Waals surface area contributed by atoms with Gasteiger partial charge < -0.3 is 18.5 Å². The molecule has 0 N–H and O–H groups in total. The van der Waals surface area contributed by atoms with Gasteiger partial charge in [-0.2, -0.15) is 0 Å². The van der Waals surface area contributed by atoms with E-state index in [0.29, 0.717) is 0 Å². The topological polar surface area (TPSA) is 32.8 Å². The van der Waals surface area contributed by atoms with E-state index in [1.165, 1.54) is 55.7 Å². The number of anilines is 5. The first-order valence-electron chi connectivity index (χ1n) is 27.6. The van der Waals surface area contributed by atoms with Crippen molar-refractivity contribution in [2.45, 2.75) is 71.6 Å². The van der Waals surface area contributed by atoms with Crippen LogP contribution in [0.3, 0.4) is 0 Å². The molecule has 5 heteroatoms. The van der Waals surface area contributed by atoms with E-state index in [1.807, 2.05) is 0 Å². The van der Waals surface area contributed by atoms with Gasteiger partial charge in [-0.15, -0.1) is 0 Å². The summed E-state index contributed by atoms with van der Waals surface area (Å²) >= 11 is 0. The van der Waals surface area contributed by atoms with Gasteiger partial charge >= 0.3 is 6.85 Å². The molecule has 15 rings (SSSR count). The summed E-state index contributed by atoms with van der Waals surface area (Å²) in [5, 5.41) is 3.24. The first kappa shape index (κ1) is 46.5. The van der Waals surface area contributed by atoms with E-state index < -0.39 is 0 Å². The average molecular weight is 1010 g/mol. The normalized spacial score (nSPS) is 14.2. The first-order chi connectivity index (χ1) is 37.7. The number of furan rings is 2. The Kier molecular flexibility index (Phi) is 9.90. The molecule has 78 heavy (non-hydrogen) atoms. The van der Waals surface area contributed by atoms with E-state index in [0.717, 1.165) is 94.7 Å². The number of para-hydroxylation sites is 1. The third kappa shape index (κ3) is 6.80. The molecule has 0 saturated carbocycles. The highest BCUT2D eigenvalue weighted by molar-refractivity contribution is 6.94. The lowest BCUT2D eigenvalue weighted by molar-refractivity contribution is 0.590. The molecule has 4 heterocycles. The molecular formula is C73H59BN2O2. The van der Waals surface area contributed by atoms with Crippen molar-refractivity contribution >= 4 is 79.1 Å². The van der Waals surface area contributed by atoms with Gasteiger partial charge in [-0.1, -0.05) is 207 Å². The molecule has 10 aromatic carbocycles. The zero-order valence-electron chi connectivity index (χ0n) is 45.5. The van der Waals surface area contributed by atoms with Crippen molar-refractivity contribution in [3.8, 4) is 55.8 Å². The minimum absolute atomic E-state index is 0.0314. The van der Waals surface area contributed by atoms with Crippen molar-refractivity contribution in [2.24, 2.45) is 0 Å². The third-order valence-corrected chi connectivity index (χ3v) is 17.4. The molecule has 0 fully saturated rings. The summed E-state index contributed by atoms with van der Waals surface area (Å²) in [6.45, 7) is 18.3. The Bertz CT molecular complexity index is 4420. The second-order valence-electron chi connectivity index (χ2n) is 24.4. The van der Waals surface area contributed by atoms with Crippen molar-refractivity contribution < 1.29 is 8.83 Å². The molecule has 2 aromatic heterocycles. The molecule has 0 unspecified atom stereocenters. The van der Waals surface area contributed by atoms with E-state index in [-0.39, 0.29) is 23.1 Å². The predicted molar refractivity (Wildman–Crippen MR) is 328 cm³/mol. The molecule has 0 radical (unpaired) electrons. The molecule has 0 amide bonds. The van der Waals surface area contributed by atoms with Gasteiger partial charge in [-0.3, -0.25) is 0 Å². The fourth-order valence-electron chi connectivity index (χ4n) is 13.4. The molecule has 0 bridgehead atoms. The van der Waals surface area contributed by atoms with Crippen molar-refractivity contribution in [3.05, 3.63) is 235 Å². The summed E-state index contributed by atoms with van der Waals surface area (Å²) in [6.07, 6.45) is 0. The van der Waals surface area contributed by atoms with Crippen LogP contribution in [0.4, 0.5) is 28.4 Å². The molecule has 2 aliphatic heterocycles. The van der Waals surface area contributed by atoms with Crippen LogP contribution >= 0.6 is 0 Å². The van der Waals surface area contributed by atoms with Crippen molar-refractivity contribution in [3.63, 3.8) is 0 Å². The number of fused-ring (bicyclic) bond motifs is 12. The van der Waals surface area contributed by atoms with Gasteiger partial charge in [0, 0.05) is 60.9 Å². The monoisotopic (exact) mass is 1010 g/mol. The van der Waals surface area contributed by atoms with Crippen molar-refractivity contribution in [1.82, 2.24) is 0 Å². The maximum atomic E-state index is 7.41. The summed E-state index contributed by atoms with van der Waals surface area (Å²) in [5.41, 5.74) is 25.8. The maximum Gasteiger partial charge on any atom is 0.333 e. The Morgan fingerprint density at radius 2 is 1.06 bits per heavy atom. The molecule has 0 atom stereocenters. The van der Waals surface area contributed by atoms with Crippen LogP contribution in [-0.4, -0.2) is 6.85 Å².